The highest BCUT2D eigenvalue weighted by molar-refractivity contribution is 8.02. The molecule has 0 aromatic heterocycles. The zero-order valence-corrected chi connectivity index (χ0v) is 22.0. The molecule has 1 aromatic carbocycles. The van der Waals surface area contributed by atoms with Gasteiger partial charge in [0.1, 0.15) is 6.04 Å². The molecule has 5 atom stereocenters. The summed E-state index contributed by atoms with van der Waals surface area (Å²) in [7, 11) is 0. The van der Waals surface area contributed by atoms with Gasteiger partial charge in [0.25, 0.3) is 0 Å². The molecule has 4 aliphatic heterocycles. The van der Waals surface area contributed by atoms with E-state index in [9.17, 15) is 14.4 Å². The van der Waals surface area contributed by atoms with E-state index in [4.69, 9.17) is 9.84 Å². The fraction of sp³-hybridized carbons (Fsp3) is 0.552. The highest BCUT2D eigenvalue weighted by atomic mass is 32.2. The summed E-state index contributed by atoms with van der Waals surface area (Å²) in [4.78, 5) is 45.2. The van der Waals surface area contributed by atoms with Gasteiger partial charge in [-0.05, 0) is 31.2 Å². The first-order valence-corrected chi connectivity index (χ1v) is 14.4. The van der Waals surface area contributed by atoms with Crippen LogP contribution in [0.1, 0.15) is 44.1 Å². The number of likely N-dealkylation sites (tertiary alicyclic amines) is 1. The molecule has 4 heterocycles. The van der Waals surface area contributed by atoms with Crippen LogP contribution in [0.3, 0.4) is 0 Å². The fourth-order valence-corrected chi connectivity index (χ4v) is 8.24. The average Bonchev–Trinajstić information content (AvgIpc) is 3.31. The van der Waals surface area contributed by atoms with Crippen LogP contribution in [0.5, 0.6) is 0 Å². The molecule has 37 heavy (non-hydrogen) atoms. The van der Waals surface area contributed by atoms with Gasteiger partial charge in [0.15, 0.2) is 0 Å². The number of hydrogen-bond acceptors (Lipinski definition) is 6. The molecular formula is C29H36N2O5S. The van der Waals surface area contributed by atoms with Gasteiger partial charge >= 0.3 is 5.97 Å². The molecule has 1 spiro atoms. The van der Waals surface area contributed by atoms with Gasteiger partial charge in [-0.25, -0.2) is 0 Å². The zero-order valence-electron chi connectivity index (χ0n) is 21.2. The van der Waals surface area contributed by atoms with E-state index in [1.54, 1.807) is 16.7 Å². The van der Waals surface area contributed by atoms with E-state index in [-0.39, 0.29) is 29.6 Å². The van der Waals surface area contributed by atoms with Crippen LogP contribution in [0.15, 0.2) is 54.6 Å². The summed E-state index contributed by atoms with van der Waals surface area (Å²) in [6.07, 6.45) is 13.0. The minimum atomic E-state index is -0.803. The largest absolute Gasteiger partial charge is 0.465 e. The molecule has 198 valence electrons. The third-order valence-electron chi connectivity index (χ3n) is 7.96. The van der Waals surface area contributed by atoms with Crippen LogP contribution < -0.4 is 0 Å². The normalized spacial score (nSPS) is 32.1. The Morgan fingerprint density at radius 3 is 2.65 bits per heavy atom. The molecule has 1 unspecified atom stereocenters. The summed E-state index contributed by atoms with van der Waals surface area (Å²) in [5.41, 5.74) is 1.04. The molecule has 0 saturated carbocycles. The molecule has 2 amide bonds. The Morgan fingerprint density at radius 1 is 1.03 bits per heavy atom. The zero-order chi connectivity index (χ0) is 25.8. The van der Waals surface area contributed by atoms with E-state index in [1.807, 2.05) is 41.3 Å². The van der Waals surface area contributed by atoms with Crippen LogP contribution in [-0.4, -0.2) is 75.0 Å². The number of hydrogen-bond donors (Lipinski definition) is 1. The van der Waals surface area contributed by atoms with E-state index in [2.05, 4.69) is 18.2 Å². The summed E-state index contributed by atoms with van der Waals surface area (Å²) >= 11 is 1.59. The van der Waals surface area contributed by atoms with Crippen LogP contribution in [0.2, 0.25) is 0 Å². The van der Waals surface area contributed by atoms with E-state index in [1.165, 1.54) is 0 Å². The number of nitrogens with zero attached hydrogens (tertiary/aromatic N) is 2. The van der Waals surface area contributed by atoms with Crippen molar-refractivity contribution in [1.29, 1.82) is 0 Å². The van der Waals surface area contributed by atoms with Gasteiger partial charge in [0, 0.05) is 31.5 Å². The maximum Gasteiger partial charge on any atom is 0.311 e. The molecule has 0 radical (unpaired) electrons. The number of aliphatic hydroxyl groups excluding tert-OH is 1. The Balaban J connectivity index is 1.49. The molecule has 4 aliphatic rings. The van der Waals surface area contributed by atoms with Crippen LogP contribution in [0.4, 0.5) is 0 Å². The summed E-state index contributed by atoms with van der Waals surface area (Å²) in [6, 6.07) is 9.24. The molecule has 2 saturated heterocycles. The van der Waals surface area contributed by atoms with Crippen molar-refractivity contribution in [3.63, 3.8) is 0 Å². The van der Waals surface area contributed by atoms with Crippen LogP contribution in [-0.2, 0) is 25.7 Å². The number of esters is 1. The molecule has 7 nitrogen and oxygen atoms in total. The highest BCUT2D eigenvalue weighted by Gasteiger charge is 2.70. The monoisotopic (exact) mass is 524 g/mol. The third-order valence-corrected chi connectivity index (χ3v) is 9.70. The Kier molecular flexibility index (Phi) is 8.05. The first-order chi connectivity index (χ1) is 18.1. The Labute approximate surface area is 222 Å². The second-order valence-electron chi connectivity index (χ2n) is 10.4. The number of aliphatic hydroxyl groups is 1. The molecule has 0 aliphatic carbocycles. The Morgan fingerprint density at radius 2 is 1.84 bits per heavy atom. The van der Waals surface area contributed by atoms with Crippen molar-refractivity contribution in [1.82, 2.24) is 9.80 Å². The van der Waals surface area contributed by atoms with Gasteiger partial charge in [-0.3, -0.25) is 14.4 Å². The molecule has 1 aromatic rings. The summed E-state index contributed by atoms with van der Waals surface area (Å²) < 4.78 is 4.82. The standard InChI is InChI=1S/C29H36N2O5S/c32-18-9-2-1-8-17-31-25-27(34)30(20-21-12-5-3-6-13-21)16-11-15-29(25)24(26(31)33)23-22(37-29)14-7-4-10-19-36-28(23)35/h3,5-7,11-15,22-25,32H,1-2,4,8-10,16-20H2/b14-7-/t22-,23+,24-,25?,29-/m0/s1. The van der Waals surface area contributed by atoms with Crippen molar-refractivity contribution in [2.45, 2.75) is 61.1 Å². The minimum absolute atomic E-state index is 0.0589. The van der Waals surface area contributed by atoms with Crippen molar-refractivity contribution in [3.05, 3.63) is 60.2 Å². The van der Waals surface area contributed by atoms with Gasteiger partial charge in [-0.2, -0.15) is 0 Å². The minimum Gasteiger partial charge on any atom is -0.465 e. The molecule has 1 N–H and O–H groups in total. The number of fused-ring (bicyclic) bond motifs is 2. The predicted molar refractivity (Wildman–Crippen MR) is 142 cm³/mol. The van der Waals surface area contributed by atoms with Crippen LogP contribution in [0.25, 0.3) is 0 Å². The van der Waals surface area contributed by atoms with Gasteiger partial charge in [-0.1, -0.05) is 67.5 Å². The van der Waals surface area contributed by atoms with E-state index in [0.717, 1.165) is 44.1 Å². The maximum absolute atomic E-state index is 14.2. The lowest BCUT2D eigenvalue weighted by Crippen LogP contribution is -2.53. The number of ether oxygens (including phenoxy) is 1. The number of carbonyl (C=O) groups excluding carboxylic acids is 3. The lowest BCUT2D eigenvalue weighted by atomic mass is 9.78. The second-order valence-corrected chi connectivity index (χ2v) is 11.8. The van der Waals surface area contributed by atoms with Gasteiger partial charge in [0.2, 0.25) is 11.8 Å². The summed E-state index contributed by atoms with van der Waals surface area (Å²) in [6.45, 7) is 1.91. The van der Waals surface area contributed by atoms with Crippen molar-refractivity contribution >= 4 is 29.5 Å². The van der Waals surface area contributed by atoms with Gasteiger partial charge < -0.3 is 19.6 Å². The number of carbonyl (C=O) groups is 3. The summed E-state index contributed by atoms with van der Waals surface area (Å²) in [5.74, 6) is -1.73. The fourth-order valence-electron chi connectivity index (χ4n) is 6.23. The van der Waals surface area contributed by atoms with Crippen LogP contribution >= 0.6 is 11.8 Å². The van der Waals surface area contributed by atoms with E-state index in [0.29, 0.717) is 26.2 Å². The third kappa shape index (κ3) is 4.98. The lowest BCUT2D eigenvalue weighted by Gasteiger charge is -2.35. The SMILES string of the molecule is O=C1OCCC/C=C\[C@@H]2S[C@]34C=CCN(Cc5ccccc5)C(=O)C3N(CCCCCCO)C(=O)[C@@H]4[C@H]12. The average molecular weight is 525 g/mol. The number of allylic oxidation sites excluding steroid dienone is 1. The van der Waals surface area contributed by atoms with Gasteiger partial charge in [0.05, 0.1) is 23.2 Å². The number of benzene rings is 1. The topological polar surface area (TPSA) is 87.2 Å². The maximum atomic E-state index is 14.2. The Hall–Kier alpha value is -2.58. The number of thioether (sulfide) groups is 1. The Bertz CT molecular complexity index is 1060. The second kappa shape index (κ2) is 11.4. The number of amides is 2. The lowest BCUT2D eigenvalue weighted by molar-refractivity contribution is -0.153. The quantitative estimate of drug-likeness (QED) is 0.319. The first kappa shape index (κ1) is 26.0. The number of cyclic esters (lactones) is 1. The smallest absolute Gasteiger partial charge is 0.311 e. The van der Waals surface area contributed by atoms with E-state index >= 15 is 0 Å². The highest BCUT2D eigenvalue weighted by Crippen LogP contribution is 2.60. The summed E-state index contributed by atoms with van der Waals surface area (Å²) in [5, 5.41) is 8.92. The van der Waals surface area contributed by atoms with Gasteiger partial charge in [-0.15, -0.1) is 11.8 Å². The predicted octanol–water partition coefficient (Wildman–Crippen LogP) is 3.33. The molecule has 0 bridgehead atoms. The van der Waals surface area contributed by atoms with Crippen molar-refractivity contribution in [3.8, 4) is 0 Å². The van der Waals surface area contributed by atoms with Crippen molar-refractivity contribution < 1.29 is 24.2 Å². The number of unbranched alkanes of at least 4 members (excludes halogenated alkanes) is 3. The van der Waals surface area contributed by atoms with Crippen LogP contribution in [0, 0.1) is 11.8 Å². The number of rotatable bonds is 8. The molecular weight excluding hydrogens is 488 g/mol. The first-order valence-electron chi connectivity index (χ1n) is 13.5. The molecule has 2 fully saturated rings. The van der Waals surface area contributed by atoms with Crippen molar-refractivity contribution in [2.24, 2.45) is 11.8 Å². The van der Waals surface area contributed by atoms with E-state index < -0.39 is 22.6 Å². The molecule has 5 rings (SSSR count). The van der Waals surface area contributed by atoms with Crippen molar-refractivity contribution in [2.75, 3.05) is 26.3 Å². The molecule has 8 heteroatoms.